The summed E-state index contributed by atoms with van der Waals surface area (Å²) in [4.78, 5) is 26.3. The molecule has 1 saturated heterocycles. The van der Waals surface area contributed by atoms with Gasteiger partial charge in [-0.05, 0) is 12.5 Å². The molecule has 20 heavy (non-hydrogen) atoms. The normalized spacial score (nSPS) is 23.8. The molecule has 0 saturated carbocycles. The number of nitrogens with zero attached hydrogens (tertiary/aromatic N) is 1. The molecule has 1 atom stereocenters. The third-order valence-electron chi connectivity index (χ3n) is 3.48. The summed E-state index contributed by atoms with van der Waals surface area (Å²) in [6.45, 7) is 2.54. The summed E-state index contributed by atoms with van der Waals surface area (Å²) in [5.41, 5.74) is 1.13. The van der Waals surface area contributed by atoms with E-state index >= 15 is 0 Å². The van der Waals surface area contributed by atoms with Crippen molar-refractivity contribution in [3.8, 4) is 0 Å². The summed E-state index contributed by atoms with van der Waals surface area (Å²) < 4.78 is 0. The number of carbonyl (C=O) groups is 2. The largest absolute Gasteiger partial charge is 0.338 e. The minimum absolute atomic E-state index is 0.121. The smallest absolute Gasteiger partial charge is 0.253 e. The summed E-state index contributed by atoms with van der Waals surface area (Å²) in [6, 6.07) is 9.28. The zero-order chi connectivity index (χ0) is 14.6. The second-order valence-corrected chi connectivity index (χ2v) is 5.15. The maximum absolute atomic E-state index is 12.8. The highest BCUT2D eigenvalue weighted by Gasteiger charge is 2.41. The molecule has 0 aromatic heterocycles. The number of amides is 2. The fraction of sp³-hybridized carbons (Fsp3) is 0.333. The Bertz CT molecular complexity index is 530. The molecule has 4 nitrogen and oxygen atoms in total. The zero-order valence-corrected chi connectivity index (χ0v) is 12.1. The molecule has 106 valence electrons. The van der Waals surface area contributed by atoms with E-state index in [0.717, 1.165) is 5.56 Å². The molecule has 1 unspecified atom stereocenters. The van der Waals surface area contributed by atoms with Crippen molar-refractivity contribution in [2.45, 2.75) is 18.9 Å². The van der Waals surface area contributed by atoms with Crippen molar-refractivity contribution in [2.75, 3.05) is 13.1 Å². The summed E-state index contributed by atoms with van der Waals surface area (Å²) in [5, 5.41) is 2.84. The number of benzene rings is 1. The van der Waals surface area contributed by atoms with Gasteiger partial charge in [0.15, 0.2) is 0 Å². The van der Waals surface area contributed by atoms with Crippen LogP contribution >= 0.6 is 11.6 Å². The first kappa shape index (κ1) is 14.6. The van der Waals surface area contributed by atoms with E-state index in [0.29, 0.717) is 19.5 Å². The van der Waals surface area contributed by atoms with Gasteiger partial charge in [0.1, 0.15) is 5.54 Å². The SMILES string of the molecule is CC1(c2ccccc2)NC(=O)CCN(C/C=C/Cl)C1=O. The standard InChI is InChI=1S/C15H17ClN2O2/c1-15(12-6-3-2-4-7-12)14(20)18(10-5-9-16)11-8-13(19)17-15/h2-7,9H,8,10-11H2,1H3,(H,17,19)/b9-5+. The Morgan fingerprint density at radius 3 is 2.70 bits per heavy atom. The molecule has 1 aromatic rings. The van der Waals surface area contributed by atoms with Crippen LogP contribution in [0.4, 0.5) is 0 Å². The average molecular weight is 293 g/mol. The molecule has 0 spiro atoms. The highest BCUT2D eigenvalue weighted by molar-refractivity contribution is 6.25. The molecule has 1 aliphatic heterocycles. The van der Waals surface area contributed by atoms with E-state index in [-0.39, 0.29) is 11.8 Å². The Kier molecular flexibility index (Phi) is 4.45. The number of hydrogen-bond donors (Lipinski definition) is 1. The maximum Gasteiger partial charge on any atom is 0.253 e. The quantitative estimate of drug-likeness (QED) is 0.926. The van der Waals surface area contributed by atoms with Crippen molar-refractivity contribution in [3.05, 3.63) is 47.5 Å². The molecule has 1 aromatic carbocycles. The van der Waals surface area contributed by atoms with Crippen LogP contribution in [0.1, 0.15) is 18.9 Å². The Balaban J connectivity index is 2.37. The summed E-state index contributed by atoms with van der Waals surface area (Å²) in [7, 11) is 0. The van der Waals surface area contributed by atoms with Gasteiger partial charge in [0.05, 0.1) is 0 Å². The van der Waals surface area contributed by atoms with Gasteiger partial charge in [-0.1, -0.05) is 48.0 Å². The van der Waals surface area contributed by atoms with E-state index in [1.54, 1.807) is 17.9 Å². The lowest BCUT2D eigenvalue weighted by Gasteiger charge is -2.32. The third kappa shape index (κ3) is 2.85. The monoisotopic (exact) mass is 292 g/mol. The first-order valence-electron chi connectivity index (χ1n) is 6.49. The minimum atomic E-state index is -1.03. The lowest BCUT2D eigenvalue weighted by Crippen LogP contribution is -2.52. The van der Waals surface area contributed by atoms with Crippen molar-refractivity contribution in [2.24, 2.45) is 0 Å². The number of carbonyl (C=O) groups excluding carboxylic acids is 2. The number of nitrogens with one attached hydrogen (secondary N) is 1. The summed E-state index contributed by atoms with van der Waals surface area (Å²) >= 11 is 5.52. The molecule has 0 bridgehead atoms. The fourth-order valence-corrected chi connectivity index (χ4v) is 2.44. The molecule has 5 heteroatoms. The number of rotatable bonds is 3. The van der Waals surface area contributed by atoms with Crippen LogP contribution in [0.3, 0.4) is 0 Å². The van der Waals surface area contributed by atoms with Crippen molar-refractivity contribution < 1.29 is 9.59 Å². The minimum Gasteiger partial charge on any atom is -0.338 e. The van der Waals surface area contributed by atoms with Crippen LogP contribution in [0, 0.1) is 0 Å². The molecule has 2 amide bonds. The predicted octanol–water partition coefficient (Wildman–Crippen LogP) is 2.00. The topological polar surface area (TPSA) is 49.4 Å². The summed E-state index contributed by atoms with van der Waals surface area (Å²) in [5.74, 6) is -0.244. The van der Waals surface area contributed by atoms with Crippen LogP contribution in [-0.2, 0) is 15.1 Å². The molecule has 1 heterocycles. The second-order valence-electron chi connectivity index (χ2n) is 4.90. The van der Waals surface area contributed by atoms with Gasteiger partial charge in [0.2, 0.25) is 5.91 Å². The van der Waals surface area contributed by atoms with Crippen LogP contribution in [0.5, 0.6) is 0 Å². The lowest BCUT2D eigenvalue weighted by molar-refractivity contribution is -0.138. The van der Waals surface area contributed by atoms with Crippen molar-refractivity contribution in [1.29, 1.82) is 0 Å². The van der Waals surface area contributed by atoms with Gasteiger partial charge in [0.25, 0.3) is 5.91 Å². The Labute approximate surface area is 123 Å². The Hall–Kier alpha value is -1.81. The Morgan fingerprint density at radius 2 is 2.05 bits per heavy atom. The van der Waals surface area contributed by atoms with Crippen LogP contribution in [-0.4, -0.2) is 29.8 Å². The number of hydrogen-bond acceptors (Lipinski definition) is 2. The van der Waals surface area contributed by atoms with Crippen molar-refractivity contribution in [3.63, 3.8) is 0 Å². The van der Waals surface area contributed by atoms with Crippen LogP contribution in [0.25, 0.3) is 0 Å². The van der Waals surface area contributed by atoms with E-state index < -0.39 is 5.54 Å². The van der Waals surface area contributed by atoms with Crippen LogP contribution < -0.4 is 5.32 Å². The van der Waals surface area contributed by atoms with Gasteiger partial charge in [-0.2, -0.15) is 0 Å². The van der Waals surface area contributed by atoms with Gasteiger partial charge >= 0.3 is 0 Å². The van der Waals surface area contributed by atoms with E-state index in [1.807, 2.05) is 30.3 Å². The predicted molar refractivity (Wildman–Crippen MR) is 78.1 cm³/mol. The molecule has 1 fully saturated rings. The Morgan fingerprint density at radius 1 is 1.35 bits per heavy atom. The van der Waals surface area contributed by atoms with Crippen LogP contribution in [0.15, 0.2) is 41.9 Å². The number of halogens is 1. The highest BCUT2D eigenvalue weighted by atomic mass is 35.5. The molecule has 2 rings (SSSR count). The van der Waals surface area contributed by atoms with E-state index in [9.17, 15) is 9.59 Å². The van der Waals surface area contributed by atoms with Crippen molar-refractivity contribution in [1.82, 2.24) is 10.2 Å². The van der Waals surface area contributed by atoms with Gasteiger partial charge < -0.3 is 10.2 Å². The lowest BCUT2D eigenvalue weighted by atomic mass is 9.90. The first-order chi connectivity index (χ1) is 9.58. The maximum atomic E-state index is 12.8. The average Bonchev–Trinajstić information content (AvgIpc) is 2.57. The van der Waals surface area contributed by atoms with E-state index in [2.05, 4.69) is 5.32 Å². The van der Waals surface area contributed by atoms with Gasteiger partial charge in [0, 0.05) is 25.0 Å². The van der Waals surface area contributed by atoms with Gasteiger partial charge in [-0.25, -0.2) is 0 Å². The molecule has 1 aliphatic rings. The highest BCUT2D eigenvalue weighted by Crippen LogP contribution is 2.25. The van der Waals surface area contributed by atoms with E-state index in [4.69, 9.17) is 11.6 Å². The molecule has 0 aliphatic carbocycles. The fourth-order valence-electron chi connectivity index (χ4n) is 2.36. The molecule has 1 N–H and O–H groups in total. The first-order valence-corrected chi connectivity index (χ1v) is 6.92. The third-order valence-corrected chi connectivity index (χ3v) is 3.66. The van der Waals surface area contributed by atoms with E-state index in [1.165, 1.54) is 5.54 Å². The van der Waals surface area contributed by atoms with Gasteiger partial charge in [-0.3, -0.25) is 9.59 Å². The molecule has 0 radical (unpaired) electrons. The molecular formula is C15H17ClN2O2. The molecular weight excluding hydrogens is 276 g/mol. The van der Waals surface area contributed by atoms with Crippen molar-refractivity contribution >= 4 is 23.4 Å². The summed E-state index contributed by atoms with van der Waals surface area (Å²) in [6.07, 6.45) is 1.99. The van der Waals surface area contributed by atoms with Crippen LogP contribution in [0.2, 0.25) is 0 Å². The van der Waals surface area contributed by atoms with Gasteiger partial charge in [-0.15, -0.1) is 0 Å². The zero-order valence-electron chi connectivity index (χ0n) is 11.3. The second kappa shape index (κ2) is 6.09.